The van der Waals surface area contributed by atoms with Crippen LogP contribution in [0.1, 0.15) is 33.1 Å². The third-order valence-corrected chi connectivity index (χ3v) is 2.85. The molecule has 1 fully saturated rings. The van der Waals surface area contributed by atoms with Crippen LogP contribution in [0.2, 0.25) is 0 Å². The van der Waals surface area contributed by atoms with Gasteiger partial charge in [-0.1, -0.05) is 25.5 Å². The lowest BCUT2D eigenvalue weighted by Gasteiger charge is -2.36. The second-order valence-electron chi connectivity index (χ2n) is 4.38. The van der Waals surface area contributed by atoms with Gasteiger partial charge >= 0.3 is 0 Å². The Balaban J connectivity index is 2.37. The highest BCUT2D eigenvalue weighted by molar-refractivity contribution is 4.94. The van der Waals surface area contributed by atoms with E-state index in [-0.39, 0.29) is 0 Å². The van der Waals surface area contributed by atoms with Gasteiger partial charge < -0.3 is 5.32 Å². The van der Waals surface area contributed by atoms with Crippen LogP contribution in [0, 0.1) is 0 Å². The maximum absolute atomic E-state index is 4.00. The number of likely N-dealkylation sites (N-methyl/N-ethyl adjacent to an activating group) is 1. The van der Waals surface area contributed by atoms with E-state index in [2.05, 4.69) is 30.6 Å². The first kappa shape index (κ1) is 11.7. The number of nitrogens with one attached hydrogen (secondary N) is 1. The second kappa shape index (κ2) is 6.20. The van der Waals surface area contributed by atoms with Crippen molar-refractivity contribution in [2.45, 2.75) is 39.2 Å². The first-order chi connectivity index (χ1) is 6.74. The fraction of sp³-hybridized carbons (Fsp3) is 0.833. The quantitative estimate of drug-likeness (QED) is 0.677. The molecule has 0 aromatic rings. The van der Waals surface area contributed by atoms with E-state index < -0.39 is 0 Å². The van der Waals surface area contributed by atoms with E-state index in [1.54, 1.807) is 0 Å². The molecule has 1 aliphatic rings. The zero-order valence-corrected chi connectivity index (χ0v) is 9.68. The minimum Gasteiger partial charge on any atom is -0.315 e. The third-order valence-electron chi connectivity index (χ3n) is 2.85. The average molecular weight is 196 g/mol. The number of rotatable bonds is 5. The van der Waals surface area contributed by atoms with Crippen molar-refractivity contribution >= 4 is 0 Å². The van der Waals surface area contributed by atoms with Crippen LogP contribution in [0.25, 0.3) is 0 Å². The lowest BCUT2D eigenvalue weighted by Crippen LogP contribution is -2.45. The van der Waals surface area contributed by atoms with Gasteiger partial charge in [-0.2, -0.15) is 0 Å². The van der Waals surface area contributed by atoms with Crippen molar-refractivity contribution in [3.63, 3.8) is 0 Å². The monoisotopic (exact) mass is 196 g/mol. The molecule has 2 heteroatoms. The van der Waals surface area contributed by atoms with E-state index >= 15 is 0 Å². The summed E-state index contributed by atoms with van der Waals surface area (Å²) in [4.78, 5) is 2.58. The Morgan fingerprint density at radius 3 is 2.93 bits per heavy atom. The van der Waals surface area contributed by atoms with Gasteiger partial charge in [-0.25, -0.2) is 0 Å². The molecule has 0 bridgehead atoms. The molecule has 0 spiro atoms. The topological polar surface area (TPSA) is 15.3 Å². The molecule has 1 atom stereocenters. The molecule has 1 unspecified atom stereocenters. The lowest BCUT2D eigenvalue weighted by atomic mass is 10.0. The maximum Gasteiger partial charge on any atom is 0.0224 e. The fourth-order valence-corrected chi connectivity index (χ4v) is 2.16. The highest BCUT2D eigenvalue weighted by Crippen LogP contribution is 2.17. The molecule has 82 valence electrons. The zero-order valence-electron chi connectivity index (χ0n) is 9.68. The molecule has 1 heterocycles. The predicted octanol–water partition coefficient (Wildman–Crippen LogP) is 2.03. The maximum atomic E-state index is 4.00. The third kappa shape index (κ3) is 3.81. The molecule has 14 heavy (non-hydrogen) atoms. The molecule has 0 aromatic heterocycles. The van der Waals surface area contributed by atoms with Gasteiger partial charge in [0.2, 0.25) is 0 Å². The summed E-state index contributed by atoms with van der Waals surface area (Å²) in [6.45, 7) is 12.9. The fourth-order valence-electron chi connectivity index (χ4n) is 2.16. The second-order valence-corrected chi connectivity index (χ2v) is 4.38. The number of hydrogen-bond acceptors (Lipinski definition) is 2. The van der Waals surface area contributed by atoms with Gasteiger partial charge in [0.1, 0.15) is 0 Å². The van der Waals surface area contributed by atoms with E-state index in [1.807, 2.05) is 0 Å². The van der Waals surface area contributed by atoms with Crippen LogP contribution in [0.3, 0.4) is 0 Å². The summed E-state index contributed by atoms with van der Waals surface area (Å²) in [5.74, 6) is 0. The van der Waals surface area contributed by atoms with Gasteiger partial charge in [-0.15, -0.1) is 0 Å². The van der Waals surface area contributed by atoms with Crippen molar-refractivity contribution in [1.29, 1.82) is 0 Å². The number of likely N-dealkylation sites (tertiary alicyclic amines) is 1. The number of nitrogens with zero attached hydrogens (tertiary/aromatic N) is 1. The van der Waals surface area contributed by atoms with Crippen molar-refractivity contribution in [2.24, 2.45) is 0 Å². The summed E-state index contributed by atoms with van der Waals surface area (Å²) >= 11 is 0. The smallest absolute Gasteiger partial charge is 0.0224 e. The van der Waals surface area contributed by atoms with Gasteiger partial charge in [0.15, 0.2) is 0 Å². The van der Waals surface area contributed by atoms with E-state index in [0.29, 0.717) is 0 Å². The molecule has 0 aliphatic carbocycles. The molecule has 0 saturated carbocycles. The summed E-state index contributed by atoms with van der Waals surface area (Å²) in [5.41, 5.74) is 1.29. The van der Waals surface area contributed by atoms with Crippen LogP contribution in [0.15, 0.2) is 12.2 Å². The minimum atomic E-state index is 0.736. The molecule has 1 rings (SSSR count). The lowest BCUT2D eigenvalue weighted by molar-refractivity contribution is 0.159. The minimum absolute atomic E-state index is 0.736. The SMILES string of the molecule is C=C(C)CN1CCCCC1CNCC. The van der Waals surface area contributed by atoms with Crippen LogP contribution >= 0.6 is 0 Å². The van der Waals surface area contributed by atoms with Gasteiger partial charge in [-0.3, -0.25) is 4.90 Å². The Bertz CT molecular complexity index is 177. The highest BCUT2D eigenvalue weighted by atomic mass is 15.2. The van der Waals surface area contributed by atoms with Gasteiger partial charge in [0, 0.05) is 19.1 Å². The molecular weight excluding hydrogens is 172 g/mol. The molecule has 1 saturated heterocycles. The average Bonchev–Trinajstić information content (AvgIpc) is 2.16. The van der Waals surface area contributed by atoms with Crippen molar-refractivity contribution < 1.29 is 0 Å². The Kier molecular flexibility index (Phi) is 5.20. The Hall–Kier alpha value is -0.340. The number of piperidine rings is 1. The normalized spacial score (nSPS) is 23.7. The van der Waals surface area contributed by atoms with Gasteiger partial charge in [-0.05, 0) is 32.9 Å². The van der Waals surface area contributed by atoms with Gasteiger partial charge in [0.25, 0.3) is 0 Å². The first-order valence-electron chi connectivity index (χ1n) is 5.83. The van der Waals surface area contributed by atoms with E-state index in [0.717, 1.165) is 25.7 Å². The Labute approximate surface area is 88.4 Å². The Morgan fingerprint density at radius 2 is 2.29 bits per heavy atom. The van der Waals surface area contributed by atoms with Crippen molar-refractivity contribution in [1.82, 2.24) is 10.2 Å². The van der Waals surface area contributed by atoms with Crippen LogP contribution in [-0.2, 0) is 0 Å². The zero-order chi connectivity index (χ0) is 10.4. The highest BCUT2D eigenvalue weighted by Gasteiger charge is 2.21. The van der Waals surface area contributed by atoms with Crippen LogP contribution in [0.5, 0.6) is 0 Å². The summed E-state index contributed by atoms with van der Waals surface area (Å²) in [5, 5.41) is 3.45. The molecule has 0 aromatic carbocycles. The van der Waals surface area contributed by atoms with Crippen LogP contribution in [0.4, 0.5) is 0 Å². The molecule has 2 nitrogen and oxygen atoms in total. The van der Waals surface area contributed by atoms with Crippen molar-refractivity contribution in [3.8, 4) is 0 Å². The summed E-state index contributed by atoms with van der Waals surface area (Å²) in [6, 6.07) is 0.736. The Morgan fingerprint density at radius 1 is 1.50 bits per heavy atom. The summed E-state index contributed by atoms with van der Waals surface area (Å²) < 4.78 is 0. The molecule has 1 N–H and O–H groups in total. The number of hydrogen-bond donors (Lipinski definition) is 1. The molecule has 1 aliphatic heterocycles. The van der Waals surface area contributed by atoms with E-state index in [4.69, 9.17) is 0 Å². The first-order valence-corrected chi connectivity index (χ1v) is 5.83. The standard InChI is InChI=1S/C12H24N2/c1-4-13-9-12-7-5-6-8-14(12)10-11(2)3/h12-13H,2,4-10H2,1,3H3. The van der Waals surface area contributed by atoms with Gasteiger partial charge in [0.05, 0.1) is 0 Å². The molecular formula is C12H24N2. The molecule has 0 radical (unpaired) electrons. The van der Waals surface area contributed by atoms with E-state index in [9.17, 15) is 0 Å². The largest absolute Gasteiger partial charge is 0.315 e. The van der Waals surface area contributed by atoms with Crippen LogP contribution in [-0.4, -0.2) is 37.1 Å². The molecule has 0 amide bonds. The van der Waals surface area contributed by atoms with Crippen molar-refractivity contribution in [2.75, 3.05) is 26.2 Å². The van der Waals surface area contributed by atoms with Crippen LogP contribution < -0.4 is 5.32 Å². The van der Waals surface area contributed by atoms with E-state index in [1.165, 1.54) is 31.4 Å². The predicted molar refractivity (Wildman–Crippen MR) is 62.6 cm³/mol. The summed E-state index contributed by atoms with van der Waals surface area (Å²) in [7, 11) is 0. The van der Waals surface area contributed by atoms with Crippen molar-refractivity contribution in [3.05, 3.63) is 12.2 Å². The summed E-state index contributed by atoms with van der Waals surface area (Å²) in [6.07, 6.45) is 4.10.